The molecule has 4 nitrogen and oxygen atoms in total. The zero-order valence-corrected chi connectivity index (χ0v) is 13.0. The van der Waals surface area contributed by atoms with E-state index in [1.807, 2.05) is 36.4 Å². The molecule has 0 aliphatic heterocycles. The summed E-state index contributed by atoms with van der Waals surface area (Å²) < 4.78 is 5.23. The lowest BCUT2D eigenvalue weighted by Gasteiger charge is -2.08. The molecule has 0 bridgehead atoms. The van der Waals surface area contributed by atoms with Gasteiger partial charge in [-0.15, -0.1) is 0 Å². The highest BCUT2D eigenvalue weighted by Gasteiger charge is 2.03. The van der Waals surface area contributed by atoms with E-state index in [-0.39, 0.29) is 6.03 Å². The van der Waals surface area contributed by atoms with Crippen molar-refractivity contribution >= 4 is 29.4 Å². The summed E-state index contributed by atoms with van der Waals surface area (Å²) in [6.45, 7) is 1.03. The minimum atomic E-state index is -0.187. The van der Waals surface area contributed by atoms with E-state index in [0.717, 1.165) is 22.8 Å². The standard InChI is InChI=1S/C15H17ClN2O2S/c16-14-6-2-1-4-12(14)10-18-15(19)17-7-9-21-11-13-5-3-8-20-13/h1-6,8H,7,9-11H2,(H2,17,18,19). The van der Waals surface area contributed by atoms with Crippen LogP contribution in [0.15, 0.2) is 47.1 Å². The maximum atomic E-state index is 11.6. The smallest absolute Gasteiger partial charge is 0.315 e. The molecule has 2 amide bonds. The molecule has 0 radical (unpaired) electrons. The van der Waals surface area contributed by atoms with Crippen molar-refractivity contribution in [2.24, 2.45) is 0 Å². The summed E-state index contributed by atoms with van der Waals surface area (Å²) in [6, 6.07) is 11.1. The maximum absolute atomic E-state index is 11.6. The molecule has 0 atom stereocenters. The summed E-state index contributed by atoms with van der Waals surface area (Å²) in [5.41, 5.74) is 0.904. The Bertz CT molecular complexity index is 561. The Morgan fingerprint density at radius 2 is 2.05 bits per heavy atom. The van der Waals surface area contributed by atoms with E-state index in [0.29, 0.717) is 18.1 Å². The third-order valence-corrected chi connectivity index (χ3v) is 4.10. The van der Waals surface area contributed by atoms with Gasteiger partial charge in [0.25, 0.3) is 0 Å². The Hall–Kier alpha value is -1.59. The van der Waals surface area contributed by atoms with Gasteiger partial charge >= 0.3 is 6.03 Å². The summed E-state index contributed by atoms with van der Waals surface area (Å²) >= 11 is 7.73. The summed E-state index contributed by atoms with van der Waals surface area (Å²) in [5, 5.41) is 6.25. The fourth-order valence-corrected chi connectivity index (χ4v) is 2.64. The van der Waals surface area contributed by atoms with Crippen LogP contribution in [0.4, 0.5) is 4.79 Å². The predicted octanol–water partition coefficient (Wildman–Crippen LogP) is 3.67. The first kappa shape index (κ1) is 15.8. The lowest BCUT2D eigenvalue weighted by molar-refractivity contribution is 0.241. The van der Waals surface area contributed by atoms with Crippen LogP contribution in [-0.4, -0.2) is 18.3 Å². The summed E-state index contributed by atoms with van der Waals surface area (Å²) in [4.78, 5) is 11.6. The van der Waals surface area contributed by atoms with Crippen LogP contribution in [0.25, 0.3) is 0 Å². The second kappa shape index (κ2) is 8.64. The lowest BCUT2D eigenvalue weighted by atomic mass is 10.2. The highest BCUT2D eigenvalue weighted by Crippen LogP contribution is 2.14. The number of carbonyl (C=O) groups excluding carboxylic acids is 1. The summed E-state index contributed by atoms with van der Waals surface area (Å²) in [5.74, 6) is 2.60. The first-order chi connectivity index (χ1) is 10.3. The highest BCUT2D eigenvalue weighted by molar-refractivity contribution is 7.98. The average Bonchev–Trinajstić information content (AvgIpc) is 2.99. The molecule has 6 heteroatoms. The van der Waals surface area contributed by atoms with Crippen LogP contribution < -0.4 is 10.6 Å². The van der Waals surface area contributed by atoms with Crippen LogP contribution in [0.2, 0.25) is 5.02 Å². The van der Waals surface area contributed by atoms with Gasteiger partial charge in [0.1, 0.15) is 5.76 Å². The van der Waals surface area contributed by atoms with Crippen LogP contribution in [-0.2, 0) is 12.3 Å². The van der Waals surface area contributed by atoms with Gasteiger partial charge in [-0.05, 0) is 23.8 Å². The Balaban J connectivity index is 1.56. The predicted molar refractivity (Wildman–Crippen MR) is 86.6 cm³/mol. The molecule has 1 heterocycles. The summed E-state index contributed by atoms with van der Waals surface area (Å²) in [7, 11) is 0. The number of nitrogens with one attached hydrogen (secondary N) is 2. The van der Waals surface area contributed by atoms with E-state index in [2.05, 4.69) is 10.6 Å². The van der Waals surface area contributed by atoms with E-state index < -0.39 is 0 Å². The van der Waals surface area contributed by atoms with Crippen molar-refractivity contribution in [2.75, 3.05) is 12.3 Å². The van der Waals surface area contributed by atoms with Gasteiger partial charge < -0.3 is 15.1 Å². The zero-order chi connectivity index (χ0) is 14.9. The number of furan rings is 1. The normalized spacial score (nSPS) is 10.3. The molecule has 0 fully saturated rings. The molecule has 112 valence electrons. The van der Waals surface area contributed by atoms with Crippen LogP contribution in [0, 0.1) is 0 Å². The molecule has 0 saturated heterocycles. The third-order valence-electron chi connectivity index (χ3n) is 2.75. The monoisotopic (exact) mass is 324 g/mol. The lowest BCUT2D eigenvalue weighted by Crippen LogP contribution is -2.36. The number of hydrogen-bond donors (Lipinski definition) is 2. The molecule has 0 unspecified atom stereocenters. The van der Waals surface area contributed by atoms with Crippen LogP contribution in [0.5, 0.6) is 0 Å². The van der Waals surface area contributed by atoms with Crippen molar-refractivity contribution < 1.29 is 9.21 Å². The Labute approximate surface area is 133 Å². The van der Waals surface area contributed by atoms with Crippen molar-refractivity contribution in [3.63, 3.8) is 0 Å². The largest absolute Gasteiger partial charge is 0.468 e. The molecule has 2 N–H and O–H groups in total. The number of carbonyl (C=O) groups is 1. The van der Waals surface area contributed by atoms with E-state index in [9.17, 15) is 4.79 Å². The number of rotatable bonds is 7. The number of thioether (sulfide) groups is 1. The molecule has 0 aliphatic carbocycles. The third kappa shape index (κ3) is 5.73. The second-order valence-electron chi connectivity index (χ2n) is 4.33. The van der Waals surface area contributed by atoms with E-state index in [4.69, 9.17) is 16.0 Å². The van der Waals surface area contributed by atoms with Gasteiger partial charge in [-0.2, -0.15) is 11.8 Å². The van der Waals surface area contributed by atoms with Crippen molar-refractivity contribution in [1.82, 2.24) is 10.6 Å². The minimum Gasteiger partial charge on any atom is -0.468 e. The van der Waals surface area contributed by atoms with Gasteiger partial charge in [0.15, 0.2) is 0 Å². The van der Waals surface area contributed by atoms with Crippen molar-refractivity contribution in [3.8, 4) is 0 Å². The molecule has 1 aromatic carbocycles. The Morgan fingerprint density at radius 1 is 1.19 bits per heavy atom. The fourth-order valence-electron chi connectivity index (χ4n) is 1.68. The molecule has 0 spiro atoms. The van der Waals surface area contributed by atoms with Gasteiger partial charge in [0.2, 0.25) is 0 Å². The number of benzene rings is 1. The SMILES string of the molecule is O=C(NCCSCc1ccco1)NCc1ccccc1Cl. The van der Waals surface area contributed by atoms with Crippen LogP contribution >= 0.6 is 23.4 Å². The number of hydrogen-bond acceptors (Lipinski definition) is 3. The molecular weight excluding hydrogens is 308 g/mol. The first-order valence-electron chi connectivity index (χ1n) is 6.61. The average molecular weight is 325 g/mol. The van der Waals surface area contributed by atoms with Gasteiger partial charge in [-0.1, -0.05) is 29.8 Å². The number of urea groups is 1. The molecule has 0 saturated carbocycles. The van der Waals surface area contributed by atoms with E-state index in [1.165, 1.54) is 0 Å². The van der Waals surface area contributed by atoms with Crippen LogP contribution in [0.3, 0.4) is 0 Å². The molecule has 1 aromatic heterocycles. The minimum absolute atomic E-state index is 0.187. The Kier molecular flexibility index (Phi) is 6.50. The maximum Gasteiger partial charge on any atom is 0.315 e. The first-order valence-corrected chi connectivity index (χ1v) is 8.14. The molecule has 21 heavy (non-hydrogen) atoms. The molecule has 2 rings (SSSR count). The van der Waals surface area contributed by atoms with Crippen molar-refractivity contribution in [3.05, 3.63) is 59.0 Å². The highest BCUT2D eigenvalue weighted by atomic mass is 35.5. The van der Waals surface area contributed by atoms with Gasteiger partial charge in [0, 0.05) is 23.9 Å². The number of halogens is 1. The Morgan fingerprint density at radius 3 is 2.81 bits per heavy atom. The van der Waals surface area contributed by atoms with Crippen LogP contribution in [0.1, 0.15) is 11.3 Å². The summed E-state index contributed by atoms with van der Waals surface area (Å²) in [6.07, 6.45) is 1.66. The van der Waals surface area contributed by atoms with Gasteiger partial charge in [-0.3, -0.25) is 0 Å². The fraction of sp³-hybridized carbons (Fsp3) is 0.267. The van der Waals surface area contributed by atoms with Gasteiger partial charge in [0.05, 0.1) is 12.0 Å². The van der Waals surface area contributed by atoms with Gasteiger partial charge in [-0.25, -0.2) is 4.79 Å². The molecule has 0 aliphatic rings. The van der Waals surface area contributed by atoms with Crippen molar-refractivity contribution in [1.29, 1.82) is 0 Å². The molecular formula is C15H17ClN2O2S. The van der Waals surface area contributed by atoms with E-state index >= 15 is 0 Å². The number of amides is 2. The molecule has 2 aromatic rings. The topological polar surface area (TPSA) is 54.3 Å². The second-order valence-corrected chi connectivity index (χ2v) is 5.85. The van der Waals surface area contributed by atoms with E-state index in [1.54, 1.807) is 18.0 Å². The van der Waals surface area contributed by atoms with Crippen molar-refractivity contribution in [2.45, 2.75) is 12.3 Å². The quantitative estimate of drug-likeness (QED) is 0.764. The zero-order valence-electron chi connectivity index (χ0n) is 11.5.